The third-order valence-corrected chi connectivity index (χ3v) is 4.30. The van der Waals surface area contributed by atoms with Gasteiger partial charge in [0.2, 0.25) is 0 Å². The van der Waals surface area contributed by atoms with Gasteiger partial charge in [-0.1, -0.05) is 19.3 Å². The molecule has 0 aliphatic heterocycles. The number of halogens is 1. The average Bonchev–Trinajstić information content (AvgIpc) is 2.87. The predicted octanol–water partition coefficient (Wildman–Crippen LogP) is 3.73. The van der Waals surface area contributed by atoms with Gasteiger partial charge in [-0.2, -0.15) is 0 Å². The van der Waals surface area contributed by atoms with Crippen LogP contribution in [0.4, 0.5) is 4.39 Å². The maximum absolute atomic E-state index is 14.3. The largest absolute Gasteiger partial charge is 0.464 e. The summed E-state index contributed by atoms with van der Waals surface area (Å²) in [6.07, 6.45) is 7.00. The van der Waals surface area contributed by atoms with Crippen LogP contribution in [0.3, 0.4) is 0 Å². The van der Waals surface area contributed by atoms with Gasteiger partial charge >= 0.3 is 0 Å². The van der Waals surface area contributed by atoms with E-state index in [9.17, 15) is 4.39 Å². The van der Waals surface area contributed by atoms with Crippen LogP contribution in [0.5, 0.6) is 0 Å². The highest BCUT2D eigenvalue weighted by Gasteiger charge is 2.37. The van der Waals surface area contributed by atoms with E-state index in [-0.39, 0.29) is 11.2 Å². The lowest BCUT2D eigenvalue weighted by molar-refractivity contribution is 0.291. The molecule has 0 unspecified atom stereocenters. The number of rotatable bonds is 2. The van der Waals surface area contributed by atoms with Gasteiger partial charge in [0, 0.05) is 22.9 Å². The summed E-state index contributed by atoms with van der Waals surface area (Å²) in [7, 11) is 0. The molecule has 0 spiro atoms. The Labute approximate surface area is 106 Å². The molecule has 0 bridgehead atoms. The Morgan fingerprint density at radius 2 is 1.94 bits per heavy atom. The third kappa shape index (κ3) is 1.65. The number of fused-ring (bicyclic) bond motifs is 1. The maximum Gasteiger partial charge on any atom is 0.140 e. The van der Waals surface area contributed by atoms with Gasteiger partial charge in [-0.25, -0.2) is 4.39 Å². The Morgan fingerprint density at radius 3 is 2.67 bits per heavy atom. The van der Waals surface area contributed by atoms with Crippen LogP contribution in [0.1, 0.15) is 37.7 Å². The van der Waals surface area contributed by atoms with Gasteiger partial charge in [-0.15, -0.1) is 0 Å². The van der Waals surface area contributed by atoms with E-state index in [0.717, 1.165) is 31.1 Å². The first-order chi connectivity index (χ1) is 8.77. The fourth-order valence-corrected chi connectivity index (χ4v) is 3.29. The summed E-state index contributed by atoms with van der Waals surface area (Å²) >= 11 is 0. The van der Waals surface area contributed by atoms with Crippen LogP contribution in [0.15, 0.2) is 28.9 Å². The molecule has 1 aliphatic carbocycles. The van der Waals surface area contributed by atoms with E-state index in [2.05, 4.69) is 0 Å². The van der Waals surface area contributed by atoms with Crippen LogP contribution in [0.2, 0.25) is 0 Å². The molecule has 0 amide bonds. The first-order valence-corrected chi connectivity index (χ1v) is 6.63. The first kappa shape index (κ1) is 11.7. The zero-order valence-electron chi connectivity index (χ0n) is 10.4. The summed E-state index contributed by atoms with van der Waals surface area (Å²) in [5.74, 6) is -0.176. The summed E-state index contributed by atoms with van der Waals surface area (Å²) in [4.78, 5) is 0. The lowest BCUT2D eigenvalue weighted by atomic mass is 9.69. The van der Waals surface area contributed by atoms with Crippen LogP contribution in [0.25, 0.3) is 11.0 Å². The van der Waals surface area contributed by atoms with E-state index in [1.165, 1.54) is 6.42 Å². The number of hydrogen-bond acceptors (Lipinski definition) is 2. The quantitative estimate of drug-likeness (QED) is 0.878. The first-order valence-electron chi connectivity index (χ1n) is 6.63. The van der Waals surface area contributed by atoms with Crippen LogP contribution in [-0.2, 0) is 5.41 Å². The Kier molecular flexibility index (Phi) is 2.86. The zero-order chi connectivity index (χ0) is 12.6. The lowest BCUT2D eigenvalue weighted by Gasteiger charge is -2.36. The summed E-state index contributed by atoms with van der Waals surface area (Å²) < 4.78 is 19.8. The van der Waals surface area contributed by atoms with Crippen molar-refractivity contribution in [1.82, 2.24) is 0 Å². The second kappa shape index (κ2) is 4.39. The van der Waals surface area contributed by atoms with E-state index >= 15 is 0 Å². The third-order valence-electron chi connectivity index (χ3n) is 4.30. The van der Waals surface area contributed by atoms with Crippen molar-refractivity contribution in [2.45, 2.75) is 37.5 Å². The van der Waals surface area contributed by atoms with Gasteiger partial charge in [0.1, 0.15) is 11.4 Å². The maximum atomic E-state index is 14.3. The van der Waals surface area contributed by atoms with Gasteiger partial charge in [-0.05, 0) is 31.0 Å². The molecule has 0 saturated heterocycles. The standard InChI is InChI=1S/C15H18FNO/c16-12-5-4-11-6-9-18-14(11)13(12)15(10-17)7-2-1-3-8-15/h4-6,9H,1-3,7-8,10,17H2. The zero-order valence-corrected chi connectivity index (χ0v) is 10.4. The minimum atomic E-state index is -0.236. The molecule has 1 saturated carbocycles. The molecule has 0 radical (unpaired) electrons. The highest BCUT2D eigenvalue weighted by molar-refractivity contribution is 5.81. The topological polar surface area (TPSA) is 39.2 Å². The second-order valence-corrected chi connectivity index (χ2v) is 5.31. The van der Waals surface area contributed by atoms with Crippen molar-refractivity contribution < 1.29 is 8.81 Å². The molecule has 1 aliphatic rings. The summed E-state index contributed by atoms with van der Waals surface area (Å²) in [6, 6.07) is 5.19. The Hall–Kier alpha value is -1.35. The SMILES string of the molecule is NCC1(c2c(F)ccc3ccoc23)CCCCC1. The van der Waals surface area contributed by atoms with Gasteiger partial charge in [0.15, 0.2) is 0 Å². The van der Waals surface area contributed by atoms with Crippen LogP contribution >= 0.6 is 0 Å². The highest BCUT2D eigenvalue weighted by atomic mass is 19.1. The summed E-state index contributed by atoms with van der Waals surface area (Å²) in [6.45, 7) is 0.490. The molecule has 1 fully saturated rings. The van der Waals surface area contributed by atoms with E-state index in [4.69, 9.17) is 10.2 Å². The van der Waals surface area contributed by atoms with E-state index < -0.39 is 0 Å². The smallest absolute Gasteiger partial charge is 0.140 e. The molecule has 18 heavy (non-hydrogen) atoms. The predicted molar refractivity (Wildman–Crippen MR) is 70.0 cm³/mol. The molecule has 1 aromatic carbocycles. The normalized spacial score (nSPS) is 19.2. The van der Waals surface area contributed by atoms with Gasteiger partial charge in [0.25, 0.3) is 0 Å². The molecule has 0 atom stereocenters. The van der Waals surface area contributed by atoms with Crippen molar-refractivity contribution in [2.75, 3.05) is 6.54 Å². The van der Waals surface area contributed by atoms with Gasteiger partial charge in [-0.3, -0.25) is 0 Å². The van der Waals surface area contributed by atoms with Crippen molar-refractivity contribution in [3.8, 4) is 0 Å². The Balaban J connectivity index is 2.22. The fraction of sp³-hybridized carbons (Fsp3) is 0.467. The number of furan rings is 1. The molecule has 1 heterocycles. The number of hydrogen-bond donors (Lipinski definition) is 1. The monoisotopic (exact) mass is 247 g/mol. The molecule has 2 N–H and O–H groups in total. The molecule has 96 valence electrons. The highest BCUT2D eigenvalue weighted by Crippen LogP contribution is 2.43. The van der Waals surface area contributed by atoms with Crippen molar-refractivity contribution >= 4 is 11.0 Å². The summed E-state index contributed by atoms with van der Waals surface area (Å²) in [5.41, 5.74) is 7.14. The molecule has 3 rings (SSSR count). The van der Waals surface area contributed by atoms with Crippen LogP contribution in [0, 0.1) is 5.82 Å². The molecular formula is C15H18FNO. The lowest BCUT2D eigenvalue weighted by Crippen LogP contribution is -2.38. The van der Waals surface area contributed by atoms with Gasteiger partial charge < -0.3 is 10.2 Å². The van der Waals surface area contributed by atoms with Crippen molar-refractivity contribution in [2.24, 2.45) is 5.73 Å². The second-order valence-electron chi connectivity index (χ2n) is 5.31. The van der Waals surface area contributed by atoms with Crippen LogP contribution < -0.4 is 5.73 Å². The van der Waals surface area contributed by atoms with E-state index in [1.807, 2.05) is 6.07 Å². The molecule has 1 aromatic heterocycles. The van der Waals surface area contributed by atoms with E-state index in [1.54, 1.807) is 18.4 Å². The minimum Gasteiger partial charge on any atom is -0.464 e. The average molecular weight is 247 g/mol. The number of benzene rings is 1. The molecular weight excluding hydrogens is 229 g/mol. The van der Waals surface area contributed by atoms with Crippen LogP contribution in [-0.4, -0.2) is 6.54 Å². The fourth-order valence-electron chi connectivity index (χ4n) is 3.29. The van der Waals surface area contributed by atoms with Crippen molar-refractivity contribution in [1.29, 1.82) is 0 Å². The summed E-state index contributed by atoms with van der Waals surface area (Å²) in [5, 5.41) is 0.963. The minimum absolute atomic E-state index is 0.176. The van der Waals surface area contributed by atoms with Gasteiger partial charge in [0.05, 0.1) is 6.26 Å². The van der Waals surface area contributed by atoms with Crippen molar-refractivity contribution in [3.63, 3.8) is 0 Å². The molecule has 2 nitrogen and oxygen atoms in total. The van der Waals surface area contributed by atoms with E-state index in [0.29, 0.717) is 17.7 Å². The Bertz CT molecular complexity index is 555. The molecule has 3 heteroatoms. The Morgan fingerprint density at radius 1 is 1.17 bits per heavy atom. The molecule has 2 aromatic rings. The number of nitrogens with two attached hydrogens (primary N) is 1. The van der Waals surface area contributed by atoms with Crippen molar-refractivity contribution in [3.05, 3.63) is 35.8 Å².